The van der Waals surface area contributed by atoms with Gasteiger partial charge in [-0.25, -0.2) is 9.78 Å². The highest BCUT2D eigenvalue weighted by molar-refractivity contribution is 7.09. The van der Waals surface area contributed by atoms with Gasteiger partial charge in [-0.2, -0.15) is 0 Å². The molecule has 18 heavy (non-hydrogen) atoms. The molecule has 6 heteroatoms. The van der Waals surface area contributed by atoms with E-state index in [4.69, 9.17) is 9.52 Å². The monoisotopic (exact) mass is 266 g/mol. The zero-order valence-corrected chi connectivity index (χ0v) is 10.7. The average Bonchev–Trinajstić information content (AvgIpc) is 3.00. The lowest BCUT2D eigenvalue weighted by molar-refractivity contribution is 0.0696. The highest BCUT2D eigenvalue weighted by atomic mass is 32.1. The van der Waals surface area contributed by atoms with Crippen LogP contribution >= 0.6 is 11.3 Å². The van der Waals surface area contributed by atoms with Gasteiger partial charge in [-0.3, -0.25) is 0 Å². The van der Waals surface area contributed by atoms with Crippen LogP contribution in [0.25, 0.3) is 0 Å². The fourth-order valence-corrected chi connectivity index (χ4v) is 2.42. The first-order valence-corrected chi connectivity index (χ1v) is 6.52. The van der Waals surface area contributed by atoms with Crippen molar-refractivity contribution in [2.75, 3.05) is 0 Å². The number of aromatic nitrogens is 1. The van der Waals surface area contributed by atoms with Crippen molar-refractivity contribution in [3.63, 3.8) is 0 Å². The molecular weight excluding hydrogens is 252 g/mol. The fourth-order valence-electron chi connectivity index (χ4n) is 1.62. The minimum Gasteiger partial charge on any atom is -0.478 e. The number of nitrogens with zero attached hydrogens (tertiary/aromatic N) is 1. The van der Waals surface area contributed by atoms with Crippen LogP contribution in [-0.2, 0) is 6.54 Å². The van der Waals surface area contributed by atoms with Crippen LogP contribution in [0.5, 0.6) is 0 Å². The lowest BCUT2D eigenvalue weighted by Crippen LogP contribution is -2.19. The van der Waals surface area contributed by atoms with Crippen molar-refractivity contribution in [3.05, 3.63) is 40.2 Å². The van der Waals surface area contributed by atoms with Gasteiger partial charge in [-0.15, -0.1) is 11.3 Å². The Balaban J connectivity index is 1.95. The van der Waals surface area contributed by atoms with E-state index in [-0.39, 0.29) is 11.6 Å². The van der Waals surface area contributed by atoms with E-state index in [2.05, 4.69) is 17.2 Å². The molecular formula is C12H14N2O3S. The summed E-state index contributed by atoms with van der Waals surface area (Å²) >= 11 is 1.60. The number of hydrogen-bond donors (Lipinski definition) is 2. The summed E-state index contributed by atoms with van der Waals surface area (Å²) in [5.74, 6) is -0.362. The molecule has 2 N–H and O–H groups in total. The number of nitrogens with one attached hydrogen (secondary N) is 1. The number of thiazole rings is 1. The summed E-state index contributed by atoms with van der Waals surface area (Å²) < 4.78 is 5.18. The number of hydrogen-bond acceptors (Lipinski definition) is 5. The molecule has 0 bridgehead atoms. The van der Waals surface area contributed by atoms with Crippen LogP contribution < -0.4 is 5.32 Å². The van der Waals surface area contributed by atoms with Crippen LogP contribution in [0.4, 0.5) is 0 Å². The van der Waals surface area contributed by atoms with Crippen LogP contribution in [0, 0.1) is 0 Å². The molecule has 1 unspecified atom stereocenters. The van der Waals surface area contributed by atoms with Crippen LogP contribution in [0.15, 0.2) is 28.3 Å². The first-order chi connectivity index (χ1) is 8.70. The second-order valence-corrected chi connectivity index (χ2v) is 4.75. The Morgan fingerprint density at radius 2 is 2.50 bits per heavy atom. The van der Waals surface area contributed by atoms with Crippen molar-refractivity contribution in [2.45, 2.75) is 25.9 Å². The number of aromatic carboxylic acids is 1. The maximum absolute atomic E-state index is 10.7. The Morgan fingerprint density at radius 3 is 3.06 bits per heavy atom. The van der Waals surface area contributed by atoms with Gasteiger partial charge in [0.05, 0.1) is 18.2 Å². The number of furan rings is 1. The van der Waals surface area contributed by atoms with Crippen molar-refractivity contribution < 1.29 is 14.3 Å². The van der Waals surface area contributed by atoms with Crippen LogP contribution in [0.3, 0.4) is 0 Å². The SMILES string of the molecule is CCC(NCc1cc(C(=O)O)co1)c1nccs1. The van der Waals surface area contributed by atoms with Crippen LogP contribution in [0.2, 0.25) is 0 Å². The second kappa shape index (κ2) is 5.79. The average molecular weight is 266 g/mol. The molecule has 2 heterocycles. The van der Waals surface area contributed by atoms with E-state index >= 15 is 0 Å². The lowest BCUT2D eigenvalue weighted by Gasteiger charge is -2.12. The second-order valence-electron chi connectivity index (χ2n) is 3.82. The minimum absolute atomic E-state index is 0.170. The van der Waals surface area contributed by atoms with E-state index in [1.54, 1.807) is 17.5 Å². The van der Waals surface area contributed by atoms with Crippen molar-refractivity contribution in [1.29, 1.82) is 0 Å². The minimum atomic E-state index is -0.975. The summed E-state index contributed by atoms with van der Waals surface area (Å²) in [6.07, 6.45) is 3.95. The summed E-state index contributed by atoms with van der Waals surface area (Å²) in [5, 5.41) is 15.1. The lowest BCUT2D eigenvalue weighted by atomic mass is 10.2. The van der Waals surface area contributed by atoms with Gasteiger partial charge < -0.3 is 14.8 Å². The highest BCUT2D eigenvalue weighted by Gasteiger charge is 2.13. The molecule has 1 atom stereocenters. The van der Waals surface area contributed by atoms with E-state index in [0.717, 1.165) is 11.4 Å². The Morgan fingerprint density at radius 1 is 1.67 bits per heavy atom. The van der Waals surface area contributed by atoms with Gasteiger partial charge in [0, 0.05) is 11.6 Å². The third kappa shape index (κ3) is 2.96. The Labute approximate surface area is 108 Å². The van der Waals surface area contributed by atoms with Crippen molar-refractivity contribution >= 4 is 17.3 Å². The molecule has 5 nitrogen and oxygen atoms in total. The molecule has 2 aromatic heterocycles. The molecule has 2 rings (SSSR count). The quantitative estimate of drug-likeness (QED) is 0.840. The van der Waals surface area contributed by atoms with Gasteiger partial charge in [0.2, 0.25) is 0 Å². The number of carboxylic acid groups (broad SMARTS) is 1. The summed E-state index contributed by atoms with van der Waals surface area (Å²) in [7, 11) is 0. The summed E-state index contributed by atoms with van der Waals surface area (Å²) in [4.78, 5) is 15.0. The number of rotatable bonds is 6. The zero-order chi connectivity index (χ0) is 13.0. The first kappa shape index (κ1) is 12.8. The summed E-state index contributed by atoms with van der Waals surface area (Å²) in [5.41, 5.74) is 0.175. The molecule has 0 aliphatic rings. The Hall–Kier alpha value is -1.66. The largest absolute Gasteiger partial charge is 0.478 e. The molecule has 0 aliphatic carbocycles. The number of carboxylic acids is 1. The Kier molecular flexibility index (Phi) is 4.11. The van der Waals surface area contributed by atoms with E-state index in [1.165, 1.54) is 12.3 Å². The predicted octanol–water partition coefficient (Wildman–Crippen LogP) is 2.68. The third-order valence-corrected chi connectivity index (χ3v) is 3.47. The van der Waals surface area contributed by atoms with Crippen LogP contribution in [-0.4, -0.2) is 16.1 Å². The van der Waals surface area contributed by atoms with Crippen molar-refractivity contribution in [1.82, 2.24) is 10.3 Å². The maximum atomic E-state index is 10.7. The molecule has 96 valence electrons. The van der Waals surface area contributed by atoms with Gasteiger partial charge in [0.1, 0.15) is 17.0 Å². The molecule has 0 fully saturated rings. The van der Waals surface area contributed by atoms with Crippen molar-refractivity contribution in [2.24, 2.45) is 0 Å². The van der Waals surface area contributed by atoms with E-state index < -0.39 is 5.97 Å². The zero-order valence-electron chi connectivity index (χ0n) is 9.92. The van der Waals surface area contributed by atoms with Gasteiger partial charge >= 0.3 is 5.97 Å². The third-order valence-electron chi connectivity index (χ3n) is 2.58. The topological polar surface area (TPSA) is 75.4 Å². The maximum Gasteiger partial charge on any atom is 0.338 e. The molecule has 0 saturated carbocycles. The molecule has 2 aromatic rings. The van der Waals surface area contributed by atoms with Crippen LogP contribution in [0.1, 0.15) is 40.5 Å². The fraction of sp³-hybridized carbons (Fsp3) is 0.333. The standard InChI is InChI=1S/C12H14N2O3S/c1-2-10(11-13-3-4-18-11)14-6-9-5-8(7-17-9)12(15)16/h3-5,7,10,14H,2,6H2,1H3,(H,15,16). The van der Waals surface area contributed by atoms with E-state index in [1.807, 2.05) is 5.38 Å². The van der Waals surface area contributed by atoms with Gasteiger partial charge in [0.15, 0.2) is 0 Å². The highest BCUT2D eigenvalue weighted by Crippen LogP contribution is 2.19. The molecule has 0 saturated heterocycles. The smallest absolute Gasteiger partial charge is 0.338 e. The molecule has 0 radical (unpaired) electrons. The van der Waals surface area contributed by atoms with Crippen molar-refractivity contribution in [3.8, 4) is 0 Å². The number of carbonyl (C=O) groups is 1. The summed E-state index contributed by atoms with van der Waals surface area (Å²) in [6.45, 7) is 2.56. The molecule has 0 amide bonds. The van der Waals surface area contributed by atoms with Gasteiger partial charge in [-0.05, 0) is 12.5 Å². The van der Waals surface area contributed by atoms with Gasteiger partial charge in [-0.1, -0.05) is 6.92 Å². The first-order valence-electron chi connectivity index (χ1n) is 5.64. The van der Waals surface area contributed by atoms with E-state index in [0.29, 0.717) is 12.3 Å². The predicted molar refractivity (Wildman–Crippen MR) is 67.7 cm³/mol. The van der Waals surface area contributed by atoms with Gasteiger partial charge in [0.25, 0.3) is 0 Å². The normalized spacial score (nSPS) is 12.5. The molecule has 0 aromatic carbocycles. The van der Waals surface area contributed by atoms with E-state index in [9.17, 15) is 4.79 Å². The Bertz CT molecular complexity index is 507. The summed E-state index contributed by atoms with van der Waals surface area (Å²) in [6, 6.07) is 1.70. The molecule has 0 spiro atoms. The molecule has 0 aliphatic heterocycles.